The van der Waals surface area contributed by atoms with E-state index in [0.29, 0.717) is 0 Å². The summed E-state index contributed by atoms with van der Waals surface area (Å²) in [4.78, 5) is 6.89. The average molecular weight is 279 g/mol. The monoisotopic (exact) mass is 279 g/mol. The van der Waals surface area contributed by atoms with Crippen molar-refractivity contribution in [1.82, 2.24) is 15.2 Å². The highest BCUT2D eigenvalue weighted by molar-refractivity contribution is 5.06. The highest BCUT2D eigenvalue weighted by Gasteiger charge is 2.22. The van der Waals surface area contributed by atoms with Crippen LogP contribution >= 0.6 is 0 Å². The first-order chi connectivity index (χ1) is 9.49. The maximum absolute atomic E-state index is 5.88. The normalized spacial score (nSPS) is 18.6. The average Bonchev–Trinajstić information content (AvgIpc) is 2.86. The van der Waals surface area contributed by atoms with E-state index in [1.54, 1.807) is 0 Å². The molecule has 2 rings (SSSR count). The van der Waals surface area contributed by atoms with E-state index in [0.717, 1.165) is 30.7 Å². The fourth-order valence-electron chi connectivity index (χ4n) is 2.70. The molecule has 0 saturated carbocycles. The van der Waals surface area contributed by atoms with E-state index in [-0.39, 0.29) is 5.41 Å². The summed E-state index contributed by atoms with van der Waals surface area (Å²) >= 11 is 0. The van der Waals surface area contributed by atoms with Crippen LogP contribution in [0.15, 0.2) is 10.6 Å². The van der Waals surface area contributed by atoms with E-state index in [9.17, 15) is 0 Å². The van der Waals surface area contributed by atoms with Gasteiger partial charge in [0.1, 0.15) is 5.76 Å². The molecule has 0 spiro atoms. The van der Waals surface area contributed by atoms with Crippen molar-refractivity contribution in [3.05, 3.63) is 17.8 Å². The molecule has 4 nitrogen and oxygen atoms in total. The molecule has 2 heterocycles. The third kappa shape index (κ3) is 4.32. The minimum atomic E-state index is 0.0470. The van der Waals surface area contributed by atoms with E-state index in [1.165, 1.54) is 32.4 Å². The number of nitrogens with zero attached hydrogens (tertiary/aromatic N) is 2. The molecule has 1 aromatic rings. The number of rotatable bonds is 5. The number of likely N-dealkylation sites (tertiary alicyclic amines) is 1. The fourth-order valence-corrected chi connectivity index (χ4v) is 2.70. The van der Waals surface area contributed by atoms with E-state index in [4.69, 9.17) is 4.42 Å². The smallest absolute Gasteiger partial charge is 0.208 e. The first kappa shape index (κ1) is 15.5. The van der Waals surface area contributed by atoms with Crippen LogP contribution in [0.25, 0.3) is 0 Å². The second-order valence-electron chi connectivity index (χ2n) is 6.98. The Kier molecular flexibility index (Phi) is 5.22. The molecule has 1 aromatic heterocycles. The zero-order valence-corrected chi connectivity index (χ0v) is 13.4. The molecule has 1 aliphatic heterocycles. The van der Waals surface area contributed by atoms with Crippen LogP contribution in [0.2, 0.25) is 0 Å². The van der Waals surface area contributed by atoms with Gasteiger partial charge in [0, 0.05) is 5.41 Å². The van der Waals surface area contributed by atoms with Crippen LogP contribution in [0, 0.1) is 5.92 Å². The number of hydrogen-bond acceptors (Lipinski definition) is 4. The van der Waals surface area contributed by atoms with Crippen molar-refractivity contribution in [2.24, 2.45) is 5.92 Å². The van der Waals surface area contributed by atoms with Gasteiger partial charge in [-0.15, -0.1) is 0 Å². The van der Waals surface area contributed by atoms with Crippen LogP contribution in [0.3, 0.4) is 0 Å². The van der Waals surface area contributed by atoms with Gasteiger partial charge in [-0.25, -0.2) is 4.98 Å². The molecule has 0 aromatic carbocycles. The Morgan fingerprint density at radius 1 is 1.35 bits per heavy atom. The minimum absolute atomic E-state index is 0.0470. The van der Waals surface area contributed by atoms with Crippen molar-refractivity contribution in [3.8, 4) is 0 Å². The zero-order valence-electron chi connectivity index (χ0n) is 13.4. The maximum Gasteiger partial charge on any atom is 0.208 e. The topological polar surface area (TPSA) is 41.3 Å². The van der Waals surface area contributed by atoms with E-state index in [1.807, 2.05) is 13.2 Å². The standard InChI is InChI=1S/C16H29N3O/c1-16(2,3)14-11-18-15(20-14)12-19-9-6-13(7-10-19)5-8-17-4/h11,13,17H,5-10,12H2,1-4H3. The summed E-state index contributed by atoms with van der Waals surface area (Å²) in [7, 11) is 2.03. The SMILES string of the molecule is CNCCC1CCN(Cc2ncc(C(C)(C)C)o2)CC1. The van der Waals surface area contributed by atoms with Gasteiger partial charge < -0.3 is 9.73 Å². The lowest BCUT2D eigenvalue weighted by Crippen LogP contribution is -2.34. The molecule has 0 radical (unpaired) electrons. The fraction of sp³-hybridized carbons (Fsp3) is 0.812. The second kappa shape index (κ2) is 6.72. The molecule has 1 aliphatic rings. The van der Waals surface area contributed by atoms with Gasteiger partial charge in [-0.3, -0.25) is 4.90 Å². The Hall–Kier alpha value is -0.870. The molecule has 1 saturated heterocycles. The molecule has 0 atom stereocenters. The van der Waals surface area contributed by atoms with Gasteiger partial charge in [-0.2, -0.15) is 0 Å². The van der Waals surface area contributed by atoms with Crippen molar-refractivity contribution >= 4 is 0 Å². The Labute approximate surface area is 122 Å². The quantitative estimate of drug-likeness (QED) is 0.900. The van der Waals surface area contributed by atoms with E-state index < -0.39 is 0 Å². The lowest BCUT2D eigenvalue weighted by molar-refractivity contribution is 0.158. The summed E-state index contributed by atoms with van der Waals surface area (Å²) < 4.78 is 5.88. The zero-order chi connectivity index (χ0) is 14.6. The molecule has 1 N–H and O–H groups in total. The highest BCUT2D eigenvalue weighted by atomic mass is 16.4. The maximum atomic E-state index is 5.88. The van der Waals surface area contributed by atoms with Crippen LogP contribution in [0.1, 0.15) is 51.7 Å². The predicted molar refractivity (Wildman–Crippen MR) is 81.7 cm³/mol. The predicted octanol–water partition coefficient (Wildman–Crippen LogP) is 2.79. The summed E-state index contributed by atoms with van der Waals surface area (Å²) in [6.45, 7) is 10.8. The van der Waals surface area contributed by atoms with Gasteiger partial charge in [0.25, 0.3) is 0 Å². The van der Waals surface area contributed by atoms with Crippen LogP contribution in [-0.4, -0.2) is 36.6 Å². The van der Waals surface area contributed by atoms with Gasteiger partial charge >= 0.3 is 0 Å². The molecule has 0 amide bonds. The number of hydrogen-bond donors (Lipinski definition) is 1. The molecule has 20 heavy (non-hydrogen) atoms. The third-order valence-electron chi connectivity index (χ3n) is 4.16. The van der Waals surface area contributed by atoms with Crippen molar-refractivity contribution in [2.75, 3.05) is 26.7 Å². The summed E-state index contributed by atoms with van der Waals surface area (Å²) in [5, 5.41) is 3.24. The molecule has 1 fully saturated rings. The summed E-state index contributed by atoms with van der Waals surface area (Å²) in [5.41, 5.74) is 0.0470. The molecule has 0 bridgehead atoms. The van der Waals surface area contributed by atoms with Crippen LogP contribution in [0.4, 0.5) is 0 Å². The first-order valence-corrected chi connectivity index (χ1v) is 7.81. The van der Waals surface area contributed by atoms with E-state index in [2.05, 4.69) is 36.0 Å². The Morgan fingerprint density at radius 2 is 2.05 bits per heavy atom. The molecule has 0 aliphatic carbocycles. The van der Waals surface area contributed by atoms with Gasteiger partial charge in [-0.1, -0.05) is 20.8 Å². The second-order valence-corrected chi connectivity index (χ2v) is 6.98. The first-order valence-electron chi connectivity index (χ1n) is 7.81. The Bertz CT molecular complexity index is 400. The van der Waals surface area contributed by atoms with Crippen molar-refractivity contribution in [3.63, 3.8) is 0 Å². The highest BCUT2D eigenvalue weighted by Crippen LogP contribution is 2.25. The number of piperidine rings is 1. The van der Waals surface area contributed by atoms with Crippen LogP contribution in [0.5, 0.6) is 0 Å². The number of nitrogens with one attached hydrogen (secondary N) is 1. The molecule has 0 unspecified atom stereocenters. The van der Waals surface area contributed by atoms with Gasteiger partial charge in [0.2, 0.25) is 5.89 Å². The Morgan fingerprint density at radius 3 is 2.60 bits per heavy atom. The van der Waals surface area contributed by atoms with Crippen LogP contribution in [-0.2, 0) is 12.0 Å². The van der Waals surface area contributed by atoms with Gasteiger partial charge in [0.05, 0.1) is 12.7 Å². The summed E-state index contributed by atoms with van der Waals surface area (Å²) in [6.07, 6.45) is 5.79. The molecule has 114 valence electrons. The summed E-state index contributed by atoms with van der Waals surface area (Å²) in [6, 6.07) is 0. The van der Waals surface area contributed by atoms with E-state index >= 15 is 0 Å². The lowest BCUT2D eigenvalue weighted by Gasteiger charge is -2.31. The van der Waals surface area contributed by atoms with Gasteiger partial charge in [-0.05, 0) is 51.9 Å². The third-order valence-corrected chi connectivity index (χ3v) is 4.16. The molecular formula is C16H29N3O. The van der Waals surface area contributed by atoms with Crippen molar-refractivity contribution in [2.45, 2.75) is 52.0 Å². The van der Waals surface area contributed by atoms with Crippen molar-refractivity contribution < 1.29 is 4.42 Å². The lowest BCUT2D eigenvalue weighted by atomic mass is 9.93. The number of oxazole rings is 1. The van der Waals surface area contributed by atoms with Crippen LogP contribution < -0.4 is 5.32 Å². The summed E-state index contributed by atoms with van der Waals surface area (Å²) in [5.74, 6) is 2.73. The minimum Gasteiger partial charge on any atom is -0.444 e. The van der Waals surface area contributed by atoms with Crippen molar-refractivity contribution in [1.29, 1.82) is 0 Å². The van der Waals surface area contributed by atoms with Gasteiger partial charge in [0.15, 0.2) is 0 Å². The molecule has 4 heteroatoms. The molecular weight excluding hydrogens is 250 g/mol. The number of aromatic nitrogens is 1. The Balaban J connectivity index is 1.79. The largest absolute Gasteiger partial charge is 0.444 e.